The fourth-order valence-electron chi connectivity index (χ4n) is 3.88. The summed E-state index contributed by atoms with van der Waals surface area (Å²) in [6.07, 6.45) is 1.09. The van der Waals surface area contributed by atoms with E-state index in [1.165, 1.54) is 47.9 Å². The van der Waals surface area contributed by atoms with Crippen LogP contribution in [0.25, 0.3) is 0 Å². The van der Waals surface area contributed by atoms with E-state index in [0.29, 0.717) is 17.7 Å². The second-order valence-electron chi connectivity index (χ2n) is 8.34. The van der Waals surface area contributed by atoms with Crippen molar-refractivity contribution in [3.8, 4) is 11.5 Å². The third-order valence-corrected chi connectivity index (χ3v) is 5.69. The molecule has 4 aromatic carbocycles. The molecule has 0 fully saturated rings. The molecule has 1 unspecified atom stereocenters. The van der Waals surface area contributed by atoms with Crippen LogP contribution in [-0.4, -0.2) is 17.6 Å². The number of carbonyl (C=O) groups excluding carboxylic acids is 1. The maximum Gasteiger partial charge on any atom is 0.308 e. The predicted octanol–water partition coefficient (Wildman–Crippen LogP) is 7.30. The minimum atomic E-state index is -0.365. The lowest BCUT2D eigenvalue weighted by Crippen LogP contribution is -2.21. The summed E-state index contributed by atoms with van der Waals surface area (Å²) < 4.78 is 4.72. The lowest BCUT2D eigenvalue weighted by atomic mass is 9.88. The summed E-state index contributed by atoms with van der Waals surface area (Å²) in [7, 11) is 0. The lowest BCUT2D eigenvalue weighted by molar-refractivity contribution is -0.131. The van der Waals surface area contributed by atoms with Crippen molar-refractivity contribution in [3.63, 3.8) is 0 Å². The van der Waals surface area contributed by atoms with E-state index in [1.807, 2.05) is 0 Å². The van der Waals surface area contributed by atoms with E-state index in [1.54, 1.807) is 0 Å². The molecule has 0 heterocycles. The molecule has 0 amide bonds. The molecule has 188 valence electrons. The highest BCUT2D eigenvalue weighted by molar-refractivity contribution is 5.85. The SMILES string of the molecule is CC(=O)Oc1ccc(O)cc1.CC(NCCC(c1ccccc1)c1ccccc1)c1ccccc1.Cl. The number of phenols is 1. The number of nitrogens with one attached hydrogen (secondary N) is 1. The van der Waals surface area contributed by atoms with Crippen LogP contribution in [0.1, 0.15) is 48.9 Å². The Balaban J connectivity index is 0.000000321. The molecule has 0 radical (unpaired) electrons. The Labute approximate surface area is 220 Å². The Morgan fingerprint density at radius 3 is 1.64 bits per heavy atom. The molecule has 4 aromatic rings. The number of hydrogen-bond donors (Lipinski definition) is 2. The number of esters is 1. The van der Waals surface area contributed by atoms with Gasteiger partial charge in [0.15, 0.2) is 0 Å². The van der Waals surface area contributed by atoms with E-state index in [2.05, 4.69) is 103 Å². The molecule has 1 atom stereocenters. The van der Waals surface area contributed by atoms with Gasteiger partial charge in [-0.15, -0.1) is 12.4 Å². The highest BCUT2D eigenvalue weighted by atomic mass is 35.5. The molecule has 5 heteroatoms. The highest BCUT2D eigenvalue weighted by Gasteiger charge is 2.14. The van der Waals surface area contributed by atoms with Crippen LogP contribution in [0.2, 0.25) is 0 Å². The third kappa shape index (κ3) is 9.57. The zero-order chi connectivity index (χ0) is 24.9. The molecular weight excluding hydrogens is 470 g/mol. The fraction of sp³-hybridized carbons (Fsp3) is 0.194. The normalized spacial score (nSPS) is 11.0. The molecule has 36 heavy (non-hydrogen) atoms. The molecule has 4 rings (SSSR count). The van der Waals surface area contributed by atoms with E-state index in [-0.39, 0.29) is 24.1 Å². The summed E-state index contributed by atoms with van der Waals surface area (Å²) in [6.45, 7) is 4.55. The van der Waals surface area contributed by atoms with Crippen LogP contribution in [0.3, 0.4) is 0 Å². The zero-order valence-electron chi connectivity index (χ0n) is 20.7. The van der Waals surface area contributed by atoms with Crippen molar-refractivity contribution >= 4 is 18.4 Å². The zero-order valence-corrected chi connectivity index (χ0v) is 21.5. The van der Waals surface area contributed by atoms with Crippen LogP contribution in [0.15, 0.2) is 115 Å². The van der Waals surface area contributed by atoms with Crippen molar-refractivity contribution < 1.29 is 14.6 Å². The van der Waals surface area contributed by atoms with Crippen molar-refractivity contribution in [2.24, 2.45) is 0 Å². The molecule has 0 aromatic heterocycles. The second kappa shape index (κ2) is 15.4. The molecule has 0 aliphatic heterocycles. The lowest BCUT2D eigenvalue weighted by Gasteiger charge is -2.20. The maximum atomic E-state index is 10.4. The molecule has 0 aliphatic rings. The monoisotopic (exact) mass is 503 g/mol. The quantitative estimate of drug-likeness (QED) is 0.195. The van der Waals surface area contributed by atoms with Crippen molar-refractivity contribution in [3.05, 3.63) is 132 Å². The average Bonchev–Trinajstić information content (AvgIpc) is 2.89. The first-order valence-electron chi connectivity index (χ1n) is 11.9. The van der Waals surface area contributed by atoms with Gasteiger partial charge < -0.3 is 15.2 Å². The van der Waals surface area contributed by atoms with Crippen LogP contribution in [0, 0.1) is 0 Å². The van der Waals surface area contributed by atoms with Gasteiger partial charge in [-0.3, -0.25) is 4.79 Å². The van der Waals surface area contributed by atoms with Gasteiger partial charge in [0, 0.05) is 18.9 Å². The van der Waals surface area contributed by atoms with Crippen LogP contribution in [0.5, 0.6) is 11.5 Å². The Morgan fingerprint density at radius 1 is 0.750 bits per heavy atom. The Bertz CT molecular complexity index is 1100. The number of benzene rings is 4. The van der Waals surface area contributed by atoms with Gasteiger partial charge in [0.2, 0.25) is 0 Å². The van der Waals surface area contributed by atoms with E-state index < -0.39 is 0 Å². The van der Waals surface area contributed by atoms with Crippen LogP contribution < -0.4 is 10.1 Å². The fourth-order valence-corrected chi connectivity index (χ4v) is 3.88. The Hall–Kier alpha value is -3.60. The first kappa shape index (κ1) is 28.6. The number of phenolic OH excluding ortho intramolecular Hbond substituents is 1. The minimum absolute atomic E-state index is 0. The van der Waals surface area contributed by atoms with Crippen LogP contribution in [-0.2, 0) is 4.79 Å². The molecule has 0 bridgehead atoms. The summed E-state index contributed by atoms with van der Waals surface area (Å²) in [5.41, 5.74) is 4.12. The van der Waals surface area contributed by atoms with Gasteiger partial charge in [-0.2, -0.15) is 0 Å². The largest absolute Gasteiger partial charge is 0.508 e. The standard InChI is InChI=1S/C23H25N.C8H8O3.ClH/c1-19(20-11-5-2-6-12-20)24-18-17-23(21-13-7-3-8-14-21)22-15-9-4-10-16-22;1-6(9)11-8-4-2-7(10)3-5-8;/h2-16,19,23-24H,17-18H2,1H3;2-5,10H,1H3;1H. The molecular formula is C31H34ClNO3. The topological polar surface area (TPSA) is 58.6 Å². The maximum absolute atomic E-state index is 10.4. The van der Waals surface area contributed by atoms with Crippen molar-refractivity contribution in [1.82, 2.24) is 5.32 Å². The van der Waals surface area contributed by atoms with E-state index >= 15 is 0 Å². The van der Waals surface area contributed by atoms with Gasteiger partial charge in [-0.05, 0) is 60.8 Å². The van der Waals surface area contributed by atoms with E-state index in [0.717, 1.165) is 13.0 Å². The Morgan fingerprint density at radius 2 is 1.19 bits per heavy atom. The molecule has 0 aliphatic carbocycles. The van der Waals surface area contributed by atoms with Gasteiger partial charge in [0.05, 0.1) is 0 Å². The summed E-state index contributed by atoms with van der Waals surface area (Å²) in [6, 6.07) is 38.6. The third-order valence-electron chi connectivity index (χ3n) is 5.69. The van der Waals surface area contributed by atoms with E-state index in [4.69, 9.17) is 9.84 Å². The number of carbonyl (C=O) groups is 1. The predicted molar refractivity (Wildman–Crippen MR) is 149 cm³/mol. The number of rotatable bonds is 8. The number of aromatic hydroxyl groups is 1. The molecule has 2 N–H and O–H groups in total. The van der Waals surface area contributed by atoms with Crippen LogP contribution >= 0.6 is 12.4 Å². The summed E-state index contributed by atoms with van der Waals surface area (Å²) in [5.74, 6) is 0.662. The summed E-state index contributed by atoms with van der Waals surface area (Å²) >= 11 is 0. The average molecular weight is 504 g/mol. The van der Waals surface area contributed by atoms with Crippen molar-refractivity contribution in [1.29, 1.82) is 0 Å². The van der Waals surface area contributed by atoms with Crippen molar-refractivity contribution in [2.75, 3.05) is 6.54 Å². The molecule has 4 nitrogen and oxygen atoms in total. The van der Waals surface area contributed by atoms with Crippen molar-refractivity contribution in [2.45, 2.75) is 32.2 Å². The minimum Gasteiger partial charge on any atom is -0.508 e. The first-order chi connectivity index (χ1) is 17.0. The summed E-state index contributed by atoms with van der Waals surface area (Å²) in [4.78, 5) is 10.4. The first-order valence-corrected chi connectivity index (χ1v) is 11.9. The summed E-state index contributed by atoms with van der Waals surface area (Å²) in [5, 5.41) is 12.5. The second-order valence-corrected chi connectivity index (χ2v) is 8.34. The van der Waals surface area contributed by atoms with Gasteiger partial charge in [0.1, 0.15) is 11.5 Å². The van der Waals surface area contributed by atoms with Gasteiger partial charge in [0.25, 0.3) is 0 Å². The number of halogens is 1. The smallest absolute Gasteiger partial charge is 0.308 e. The van der Waals surface area contributed by atoms with Gasteiger partial charge in [-0.25, -0.2) is 0 Å². The Kier molecular flexibility index (Phi) is 12.3. The van der Waals surface area contributed by atoms with E-state index in [9.17, 15) is 4.79 Å². The molecule has 0 saturated carbocycles. The van der Waals surface area contributed by atoms with Crippen LogP contribution in [0.4, 0.5) is 0 Å². The van der Waals surface area contributed by atoms with Gasteiger partial charge in [-0.1, -0.05) is 91.0 Å². The number of ether oxygens (including phenoxy) is 1. The number of hydrogen-bond acceptors (Lipinski definition) is 4. The molecule has 0 saturated heterocycles. The highest BCUT2D eigenvalue weighted by Crippen LogP contribution is 2.27. The van der Waals surface area contributed by atoms with Gasteiger partial charge >= 0.3 is 5.97 Å². The molecule has 0 spiro atoms.